The van der Waals surface area contributed by atoms with Gasteiger partial charge in [0.2, 0.25) is 0 Å². The van der Waals surface area contributed by atoms with Crippen LogP contribution in [0.3, 0.4) is 0 Å². The fourth-order valence-corrected chi connectivity index (χ4v) is 9.20. The molecule has 220 valence electrons. The van der Waals surface area contributed by atoms with Crippen LogP contribution in [0.15, 0.2) is 11.6 Å². The number of esters is 1. The molecule has 4 nitrogen and oxygen atoms in total. The van der Waals surface area contributed by atoms with Gasteiger partial charge in [-0.25, -0.2) is 0 Å². The van der Waals surface area contributed by atoms with Crippen LogP contribution in [0, 0.1) is 34.5 Å². The fourth-order valence-electron chi connectivity index (χ4n) is 9.20. The van der Waals surface area contributed by atoms with Crippen molar-refractivity contribution in [1.82, 2.24) is 0 Å². The third-order valence-corrected chi connectivity index (χ3v) is 11.6. The lowest BCUT2D eigenvalue weighted by molar-refractivity contribution is -0.150. The quantitative estimate of drug-likeness (QED) is 0.125. The van der Waals surface area contributed by atoms with E-state index in [4.69, 9.17) is 4.74 Å². The maximum Gasteiger partial charge on any atom is 0.302 e. The Kier molecular flexibility index (Phi) is 10.5. The number of hydrogen-bond acceptors (Lipinski definition) is 4. The standard InChI is InChI=1S/C35H56O4/c1-5-6-7-8-9-10-11-12-13-14-15-16-31(37)28-24-26-23-27(39-25(2)36)19-21-34(26,3)30-20-22-35(4)29(33(28)30)17-18-32(35)38/h24,27-30,33H,5-23H2,1-4H3/t27-,28?,29-,30-,33-,34-,35-/m0/s1. The predicted octanol–water partition coefficient (Wildman–Crippen LogP) is 8.95. The minimum absolute atomic E-state index is 0.0571. The molecule has 3 fully saturated rings. The molecule has 3 saturated carbocycles. The van der Waals surface area contributed by atoms with Gasteiger partial charge in [0.1, 0.15) is 17.7 Å². The number of carbonyl (C=O) groups excluding carboxylic acids is 3. The van der Waals surface area contributed by atoms with Crippen molar-refractivity contribution >= 4 is 17.5 Å². The number of rotatable bonds is 14. The summed E-state index contributed by atoms with van der Waals surface area (Å²) in [5, 5.41) is 0. The van der Waals surface area contributed by atoms with Crippen molar-refractivity contribution in [3.05, 3.63) is 11.6 Å². The second kappa shape index (κ2) is 13.5. The number of ketones is 2. The first-order valence-electron chi connectivity index (χ1n) is 16.6. The summed E-state index contributed by atoms with van der Waals surface area (Å²) in [7, 11) is 0. The number of fused-ring (bicyclic) bond motifs is 5. The first-order chi connectivity index (χ1) is 18.7. The van der Waals surface area contributed by atoms with Crippen LogP contribution in [0.1, 0.15) is 150 Å². The van der Waals surface area contributed by atoms with Crippen LogP contribution in [-0.4, -0.2) is 23.6 Å². The third-order valence-electron chi connectivity index (χ3n) is 11.6. The summed E-state index contributed by atoms with van der Waals surface area (Å²) in [5.41, 5.74) is 1.17. The van der Waals surface area contributed by atoms with Crippen molar-refractivity contribution < 1.29 is 19.1 Å². The molecule has 4 aliphatic carbocycles. The van der Waals surface area contributed by atoms with Crippen molar-refractivity contribution in [2.75, 3.05) is 0 Å². The van der Waals surface area contributed by atoms with Gasteiger partial charge in [0.25, 0.3) is 0 Å². The highest BCUT2D eigenvalue weighted by Gasteiger charge is 2.61. The van der Waals surface area contributed by atoms with E-state index in [0.29, 0.717) is 36.2 Å². The Hall–Kier alpha value is -1.45. The molecule has 0 N–H and O–H groups in total. The van der Waals surface area contributed by atoms with Gasteiger partial charge in [-0.05, 0) is 61.7 Å². The first-order valence-corrected chi connectivity index (χ1v) is 16.6. The van der Waals surface area contributed by atoms with Crippen molar-refractivity contribution in [2.45, 2.75) is 156 Å². The molecule has 0 radical (unpaired) electrons. The van der Waals surface area contributed by atoms with Crippen molar-refractivity contribution in [2.24, 2.45) is 34.5 Å². The van der Waals surface area contributed by atoms with Gasteiger partial charge in [-0.15, -0.1) is 0 Å². The second-order valence-electron chi connectivity index (χ2n) is 14.1. The summed E-state index contributed by atoms with van der Waals surface area (Å²) in [5.74, 6) is 1.61. The first kappa shape index (κ1) is 30.5. The van der Waals surface area contributed by atoms with E-state index in [1.54, 1.807) is 0 Å². The molecule has 4 aliphatic rings. The van der Waals surface area contributed by atoms with E-state index >= 15 is 0 Å². The van der Waals surface area contributed by atoms with Crippen LogP contribution in [0.5, 0.6) is 0 Å². The Morgan fingerprint density at radius 3 is 2.08 bits per heavy atom. The number of Topliss-reactive ketones (excluding diaryl/α,β-unsaturated/α-hetero) is 2. The molecule has 7 atom stereocenters. The Labute approximate surface area is 238 Å². The second-order valence-corrected chi connectivity index (χ2v) is 14.1. The van der Waals surface area contributed by atoms with Gasteiger partial charge < -0.3 is 4.74 Å². The SMILES string of the molecule is CCCCCCCCCCCCCC(=O)C1C=C2C[C@@H](OC(C)=O)CC[C@]2(C)[C@H]2CC[C@]3(C)C(=O)CC[C@H]3[C@H]12. The van der Waals surface area contributed by atoms with E-state index in [1.807, 2.05) is 0 Å². The monoisotopic (exact) mass is 540 g/mol. The highest BCUT2D eigenvalue weighted by molar-refractivity contribution is 5.88. The van der Waals surface area contributed by atoms with Crippen LogP contribution in [0.25, 0.3) is 0 Å². The van der Waals surface area contributed by atoms with Crippen molar-refractivity contribution in [3.63, 3.8) is 0 Å². The smallest absolute Gasteiger partial charge is 0.302 e. The minimum atomic E-state index is -0.243. The summed E-state index contributed by atoms with van der Waals surface area (Å²) in [6.07, 6.45) is 23.4. The van der Waals surface area contributed by atoms with Crippen LogP contribution < -0.4 is 0 Å². The van der Waals surface area contributed by atoms with Gasteiger partial charge in [-0.2, -0.15) is 0 Å². The summed E-state index contributed by atoms with van der Waals surface area (Å²) >= 11 is 0. The van der Waals surface area contributed by atoms with Crippen LogP contribution >= 0.6 is 0 Å². The van der Waals surface area contributed by atoms with E-state index in [2.05, 4.69) is 26.8 Å². The maximum atomic E-state index is 13.9. The molecule has 0 aliphatic heterocycles. The summed E-state index contributed by atoms with van der Waals surface area (Å²) in [4.78, 5) is 38.6. The average Bonchev–Trinajstić information content (AvgIpc) is 3.21. The van der Waals surface area contributed by atoms with Gasteiger partial charge in [-0.3, -0.25) is 14.4 Å². The Morgan fingerprint density at radius 1 is 0.846 bits per heavy atom. The molecule has 39 heavy (non-hydrogen) atoms. The lowest BCUT2D eigenvalue weighted by Gasteiger charge is -2.58. The van der Waals surface area contributed by atoms with E-state index in [-0.39, 0.29) is 34.7 Å². The number of allylic oxidation sites excluding steroid dienone is 1. The van der Waals surface area contributed by atoms with Crippen molar-refractivity contribution in [1.29, 1.82) is 0 Å². The van der Waals surface area contributed by atoms with Crippen LogP contribution in [0.2, 0.25) is 0 Å². The molecular weight excluding hydrogens is 484 g/mol. The zero-order valence-corrected chi connectivity index (χ0v) is 25.5. The lowest BCUT2D eigenvalue weighted by Crippen LogP contribution is -2.54. The highest BCUT2D eigenvalue weighted by atomic mass is 16.5. The molecule has 0 saturated heterocycles. The number of ether oxygens (including phenoxy) is 1. The zero-order chi connectivity index (χ0) is 28.0. The van der Waals surface area contributed by atoms with Crippen LogP contribution in [-0.2, 0) is 19.1 Å². The molecule has 0 aromatic heterocycles. The zero-order valence-electron chi connectivity index (χ0n) is 25.5. The summed E-state index contributed by atoms with van der Waals surface area (Å²) < 4.78 is 5.65. The van der Waals surface area contributed by atoms with Gasteiger partial charge >= 0.3 is 5.97 Å². The largest absolute Gasteiger partial charge is 0.462 e. The van der Waals surface area contributed by atoms with Gasteiger partial charge in [0.05, 0.1) is 0 Å². The Morgan fingerprint density at radius 2 is 1.44 bits per heavy atom. The molecular formula is C35H56O4. The predicted molar refractivity (Wildman–Crippen MR) is 157 cm³/mol. The Balaban J connectivity index is 1.39. The Bertz CT molecular complexity index is 904. The van der Waals surface area contributed by atoms with E-state index in [1.165, 1.54) is 70.3 Å². The van der Waals surface area contributed by atoms with E-state index < -0.39 is 0 Å². The number of hydrogen-bond donors (Lipinski definition) is 0. The average molecular weight is 541 g/mol. The summed E-state index contributed by atoms with van der Waals surface area (Å²) in [6.45, 7) is 8.38. The van der Waals surface area contributed by atoms with Crippen molar-refractivity contribution in [3.8, 4) is 0 Å². The molecule has 0 amide bonds. The number of carbonyl (C=O) groups is 3. The van der Waals surface area contributed by atoms with E-state index in [0.717, 1.165) is 51.4 Å². The fraction of sp³-hybridized carbons (Fsp3) is 0.857. The lowest BCUT2D eigenvalue weighted by atomic mass is 9.45. The van der Waals surface area contributed by atoms with Gasteiger partial charge in [0.15, 0.2) is 0 Å². The third kappa shape index (κ3) is 6.72. The topological polar surface area (TPSA) is 60.4 Å². The summed E-state index contributed by atoms with van der Waals surface area (Å²) in [6, 6.07) is 0. The molecule has 0 aromatic carbocycles. The molecule has 4 rings (SSSR count). The van der Waals surface area contributed by atoms with Gasteiger partial charge in [0, 0.05) is 37.5 Å². The highest BCUT2D eigenvalue weighted by Crippen LogP contribution is 2.65. The molecule has 0 heterocycles. The van der Waals surface area contributed by atoms with Crippen LogP contribution in [0.4, 0.5) is 0 Å². The van der Waals surface area contributed by atoms with Gasteiger partial charge in [-0.1, -0.05) is 96.6 Å². The molecule has 0 bridgehead atoms. The number of unbranched alkanes of at least 4 members (excludes halogenated alkanes) is 10. The molecule has 4 heteroatoms. The van der Waals surface area contributed by atoms with E-state index in [9.17, 15) is 14.4 Å². The minimum Gasteiger partial charge on any atom is -0.462 e. The molecule has 0 aromatic rings. The maximum absolute atomic E-state index is 13.9. The molecule has 1 unspecified atom stereocenters. The molecule has 0 spiro atoms. The normalized spacial score (nSPS) is 35.5.